The van der Waals surface area contributed by atoms with Crippen molar-refractivity contribution < 1.29 is 27.9 Å². The molecule has 1 saturated heterocycles. The molecule has 1 fully saturated rings. The lowest BCUT2D eigenvalue weighted by molar-refractivity contribution is -0.137. The minimum absolute atomic E-state index is 0.00139. The number of likely N-dealkylation sites (N-methyl/N-ethyl adjacent to an activating group) is 1. The van der Waals surface area contributed by atoms with E-state index >= 15 is 0 Å². The number of hydrogen-bond donors (Lipinski definition) is 1. The second kappa shape index (κ2) is 10.7. The third kappa shape index (κ3) is 5.13. The summed E-state index contributed by atoms with van der Waals surface area (Å²) in [6.45, 7) is 4.30. The van der Waals surface area contributed by atoms with Crippen molar-refractivity contribution in [1.29, 1.82) is 0 Å². The molecule has 2 aliphatic rings. The first-order valence-corrected chi connectivity index (χ1v) is 15.1. The van der Waals surface area contributed by atoms with Crippen LogP contribution in [-0.4, -0.2) is 93.3 Å². The molecule has 3 heterocycles. The summed E-state index contributed by atoms with van der Waals surface area (Å²) in [7, 11) is -4.04. The Balaban J connectivity index is 1.33. The van der Waals surface area contributed by atoms with Gasteiger partial charge in [-0.25, -0.2) is 23.0 Å². The average Bonchev–Trinajstić information content (AvgIpc) is 3.46. The zero-order chi connectivity index (χ0) is 28.8. The van der Waals surface area contributed by atoms with Crippen LogP contribution in [0.1, 0.15) is 31.3 Å². The van der Waals surface area contributed by atoms with E-state index in [-0.39, 0.29) is 36.6 Å². The van der Waals surface area contributed by atoms with E-state index in [0.29, 0.717) is 35.6 Å². The smallest absolute Gasteiger partial charge is 0.408 e. The fourth-order valence-corrected chi connectivity index (χ4v) is 7.30. The van der Waals surface area contributed by atoms with E-state index in [1.165, 1.54) is 17.0 Å². The van der Waals surface area contributed by atoms with Gasteiger partial charge in [0.25, 0.3) is 0 Å². The lowest BCUT2D eigenvalue weighted by Gasteiger charge is -2.39. The van der Waals surface area contributed by atoms with Crippen LogP contribution in [0.2, 0.25) is 5.02 Å². The van der Waals surface area contributed by atoms with Crippen LogP contribution >= 0.6 is 11.6 Å². The highest BCUT2D eigenvalue weighted by molar-refractivity contribution is 7.91. The van der Waals surface area contributed by atoms with Crippen LogP contribution in [0, 0.1) is 6.92 Å². The van der Waals surface area contributed by atoms with Gasteiger partial charge < -0.3 is 14.9 Å². The molecule has 0 spiro atoms. The molecule has 40 heavy (non-hydrogen) atoms. The second-order valence-electron chi connectivity index (χ2n) is 10.1. The maximum Gasteiger partial charge on any atom is 0.408 e. The molecule has 3 aromatic rings. The van der Waals surface area contributed by atoms with Gasteiger partial charge in [-0.3, -0.25) is 14.3 Å². The summed E-state index contributed by atoms with van der Waals surface area (Å²) in [5.74, 6) is -0.613. The number of sulfone groups is 1. The van der Waals surface area contributed by atoms with Crippen LogP contribution in [0.5, 0.6) is 0 Å². The molecule has 0 saturated carbocycles. The fraction of sp³-hybridized carbons (Fsp3) is 0.407. The lowest BCUT2D eigenvalue weighted by atomic mass is 10.0. The maximum atomic E-state index is 13.7. The Morgan fingerprint density at radius 2 is 1.82 bits per heavy atom. The molecule has 212 valence electrons. The van der Waals surface area contributed by atoms with Gasteiger partial charge in [-0.1, -0.05) is 23.7 Å². The number of piperidine rings is 1. The summed E-state index contributed by atoms with van der Waals surface area (Å²) in [6, 6.07) is 8.03. The van der Waals surface area contributed by atoms with E-state index in [4.69, 9.17) is 11.6 Å². The highest BCUT2D eigenvalue weighted by atomic mass is 35.5. The van der Waals surface area contributed by atoms with Crippen molar-refractivity contribution >= 4 is 50.2 Å². The zero-order valence-electron chi connectivity index (χ0n) is 22.2. The Hall–Kier alpha value is -3.64. The summed E-state index contributed by atoms with van der Waals surface area (Å²) in [6.07, 6.45) is 1.32. The third-order valence-corrected chi connectivity index (χ3v) is 9.72. The van der Waals surface area contributed by atoms with Crippen molar-refractivity contribution in [3.63, 3.8) is 0 Å². The van der Waals surface area contributed by atoms with E-state index in [2.05, 4.69) is 4.98 Å². The Morgan fingerprint density at radius 3 is 2.48 bits per heavy atom. The number of amides is 3. The molecule has 1 atom stereocenters. The van der Waals surface area contributed by atoms with Gasteiger partial charge in [0.05, 0.1) is 29.1 Å². The van der Waals surface area contributed by atoms with Crippen LogP contribution in [0.25, 0.3) is 10.8 Å². The van der Waals surface area contributed by atoms with Crippen LogP contribution in [0.15, 0.2) is 47.5 Å². The number of nitrogens with zero attached hydrogens (tertiary/aromatic N) is 5. The number of hydrogen-bond acceptors (Lipinski definition) is 6. The molecule has 11 nitrogen and oxygen atoms in total. The SMILES string of the molecule is CCN(C(=O)O)[C@H](CS(=O)(=O)c1ccc2cc(Cl)ccc2c1)C(=O)N1CCC(N2Cc3cnc(C)n3C2=O)CC1. The highest BCUT2D eigenvalue weighted by Gasteiger charge is 2.40. The van der Waals surface area contributed by atoms with Gasteiger partial charge in [0, 0.05) is 30.7 Å². The van der Waals surface area contributed by atoms with Crippen LogP contribution < -0.4 is 0 Å². The number of likely N-dealkylation sites (tertiary alicyclic amines) is 1. The van der Waals surface area contributed by atoms with Crippen molar-refractivity contribution in [3.8, 4) is 0 Å². The molecule has 5 rings (SSSR count). The van der Waals surface area contributed by atoms with E-state index < -0.39 is 33.6 Å². The van der Waals surface area contributed by atoms with E-state index in [1.807, 2.05) is 0 Å². The Bertz CT molecular complexity index is 1600. The van der Waals surface area contributed by atoms with Crippen molar-refractivity contribution in [2.24, 2.45) is 0 Å². The van der Waals surface area contributed by atoms with Crippen molar-refractivity contribution in [3.05, 3.63) is 59.1 Å². The molecular formula is C27H30ClN5O6S. The second-order valence-corrected chi connectivity index (χ2v) is 12.6. The lowest BCUT2D eigenvalue weighted by Crippen LogP contribution is -2.56. The number of benzene rings is 2. The van der Waals surface area contributed by atoms with E-state index in [9.17, 15) is 27.9 Å². The molecule has 0 unspecified atom stereocenters. The summed E-state index contributed by atoms with van der Waals surface area (Å²) in [5, 5.41) is 11.8. The number of imidazole rings is 1. The molecule has 2 aliphatic heterocycles. The van der Waals surface area contributed by atoms with Crippen molar-refractivity contribution in [2.75, 3.05) is 25.4 Å². The predicted octanol–water partition coefficient (Wildman–Crippen LogP) is 3.62. The number of carbonyl (C=O) groups excluding carboxylic acids is 2. The first-order valence-electron chi connectivity index (χ1n) is 13.0. The summed E-state index contributed by atoms with van der Waals surface area (Å²) >= 11 is 6.04. The van der Waals surface area contributed by atoms with Gasteiger partial charge in [0.15, 0.2) is 9.84 Å². The normalized spacial score (nSPS) is 16.8. The first kappa shape index (κ1) is 27.9. The van der Waals surface area contributed by atoms with Crippen LogP contribution in [0.4, 0.5) is 9.59 Å². The molecule has 1 aromatic heterocycles. The number of fused-ring (bicyclic) bond motifs is 2. The molecule has 0 bridgehead atoms. The largest absolute Gasteiger partial charge is 0.465 e. The highest BCUT2D eigenvalue weighted by Crippen LogP contribution is 2.28. The monoisotopic (exact) mass is 587 g/mol. The molecule has 1 N–H and O–H groups in total. The molecule has 0 aliphatic carbocycles. The van der Waals surface area contributed by atoms with Crippen LogP contribution in [0.3, 0.4) is 0 Å². The Kier molecular flexibility index (Phi) is 7.49. The van der Waals surface area contributed by atoms with Gasteiger partial charge in [0.2, 0.25) is 5.91 Å². The number of rotatable bonds is 7. The van der Waals surface area contributed by atoms with Crippen molar-refractivity contribution in [1.82, 2.24) is 24.3 Å². The molecular weight excluding hydrogens is 558 g/mol. The van der Waals surface area contributed by atoms with Gasteiger partial charge >= 0.3 is 12.1 Å². The topological polar surface area (TPSA) is 133 Å². The van der Waals surface area contributed by atoms with Crippen LogP contribution in [-0.2, 0) is 21.2 Å². The zero-order valence-corrected chi connectivity index (χ0v) is 23.7. The number of aromatic nitrogens is 2. The molecule has 13 heteroatoms. The number of carboxylic acid groups (broad SMARTS) is 1. The average molecular weight is 588 g/mol. The fourth-order valence-electron chi connectivity index (χ4n) is 5.60. The molecule has 2 aromatic carbocycles. The van der Waals surface area contributed by atoms with Gasteiger partial charge in [0.1, 0.15) is 11.9 Å². The van der Waals surface area contributed by atoms with Gasteiger partial charge in [-0.15, -0.1) is 0 Å². The Labute approximate surface area is 236 Å². The summed E-state index contributed by atoms with van der Waals surface area (Å²) in [5.41, 5.74) is 0.822. The standard InChI is InChI=1S/C27H30ClN5O6S/c1-3-31(27(36)37)24(16-40(38,39)23-7-5-18-12-20(28)6-4-19(18)13-23)25(34)30-10-8-21(9-11-30)32-15-22-14-29-17(2)33(22)26(32)35/h4-7,12-14,21,24H,3,8-11,15-16H2,1-2H3,(H,36,37)/t24-/m1/s1. The summed E-state index contributed by atoms with van der Waals surface area (Å²) < 4.78 is 28.6. The third-order valence-electron chi connectivity index (χ3n) is 7.76. The molecule has 3 amide bonds. The Morgan fingerprint density at radius 1 is 1.15 bits per heavy atom. The minimum Gasteiger partial charge on any atom is -0.465 e. The minimum atomic E-state index is -4.04. The number of carbonyl (C=O) groups is 3. The quantitative estimate of drug-likeness (QED) is 0.446. The summed E-state index contributed by atoms with van der Waals surface area (Å²) in [4.78, 5) is 47.0. The number of aryl methyl sites for hydroxylation is 1. The van der Waals surface area contributed by atoms with E-state index in [0.717, 1.165) is 16.0 Å². The first-order chi connectivity index (χ1) is 19.0. The molecule has 0 radical (unpaired) electrons. The maximum absolute atomic E-state index is 13.7. The number of halogens is 1. The van der Waals surface area contributed by atoms with Crippen molar-refractivity contribution in [2.45, 2.75) is 50.2 Å². The van der Waals surface area contributed by atoms with Gasteiger partial charge in [-0.05, 0) is 61.7 Å². The predicted molar refractivity (Wildman–Crippen MR) is 148 cm³/mol. The van der Waals surface area contributed by atoms with Gasteiger partial charge in [-0.2, -0.15) is 0 Å². The van der Waals surface area contributed by atoms with E-state index in [1.54, 1.807) is 53.8 Å².